The Balaban J connectivity index is 1.54. The average molecular weight is 375 g/mol. The Morgan fingerprint density at radius 2 is 2.14 bits per heavy atom. The first-order valence-electron chi connectivity index (χ1n) is 9.36. The molecule has 2 bridgehead atoms. The molecule has 1 atom stereocenters. The van der Waals surface area contributed by atoms with Crippen molar-refractivity contribution >= 4 is 23.4 Å². The van der Waals surface area contributed by atoms with E-state index in [1.165, 1.54) is 0 Å². The maximum absolute atomic E-state index is 13.1. The third-order valence-electron chi connectivity index (χ3n) is 5.30. The minimum Gasteiger partial charge on any atom is -0.366 e. The van der Waals surface area contributed by atoms with E-state index in [1.807, 2.05) is 32.2 Å². The summed E-state index contributed by atoms with van der Waals surface area (Å²) in [6.45, 7) is 3.72. The van der Waals surface area contributed by atoms with Crippen LogP contribution in [0.2, 0.25) is 0 Å². The van der Waals surface area contributed by atoms with Crippen LogP contribution in [0.4, 0.5) is 22.1 Å². The highest BCUT2D eigenvalue weighted by Crippen LogP contribution is 2.40. The zero-order valence-electron chi connectivity index (χ0n) is 15.8. The van der Waals surface area contributed by atoms with E-state index in [-0.39, 0.29) is 12.1 Å². The van der Waals surface area contributed by atoms with Crippen molar-refractivity contribution in [2.24, 2.45) is 7.05 Å². The Kier molecular flexibility index (Phi) is 3.78. The predicted molar refractivity (Wildman–Crippen MR) is 108 cm³/mol. The molecular weight excluding hydrogens is 354 g/mol. The van der Waals surface area contributed by atoms with Gasteiger partial charge in [-0.1, -0.05) is 0 Å². The normalized spacial score (nSPS) is 17.6. The number of hydrogen-bond donors (Lipinski definition) is 1. The molecule has 2 aliphatic rings. The zero-order valence-corrected chi connectivity index (χ0v) is 15.8. The minimum atomic E-state index is -0.193. The second-order valence-corrected chi connectivity index (χ2v) is 7.34. The molecule has 142 valence electrons. The summed E-state index contributed by atoms with van der Waals surface area (Å²) in [6, 6.07) is 7.94. The predicted octanol–water partition coefficient (Wildman–Crippen LogP) is 2.82. The number of anilines is 3. The van der Waals surface area contributed by atoms with Gasteiger partial charge in [-0.15, -0.1) is 0 Å². The molecule has 8 heteroatoms. The fourth-order valence-electron chi connectivity index (χ4n) is 3.98. The van der Waals surface area contributed by atoms with Crippen LogP contribution < -0.4 is 15.1 Å². The fraction of sp³-hybridized carbons (Fsp3) is 0.300. The number of rotatable bonds is 2. The number of nitrogens with zero attached hydrogens (tertiary/aromatic N) is 6. The van der Waals surface area contributed by atoms with Gasteiger partial charge in [0.25, 0.3) is 0 Å². The monoisotopic (exact) mass is 375 g/mol. The largest absolute Gasteiger partial charge is 0.366 e. The number of aryl methyl sites for hydroxylation is 2. The van der Waals surface area contributed by atoms with E-state index in [2.05, 4.69) is 26.3 Å². The molecule has 0 aromatic carbocycles. The van der Waals surface area contributed by atoms with Crippen molar-refractivity contribution in [2.45, 2.75) is 19.4 Å². The van der Waals surface area contributed by atoms with Gasteiger partial charge in [0.2, 0.25) is 0 Å². The first-order chi connectivity index (χ1) is 13.6. The quantitative estimate of drug-likeness (QED) is 0.745. The van der Waals surface area contributed by atoms with Crippen LogP contribution >= 0.6 is 0 Å². The number of carbonyl (C=O) groups excluding carboxylic acids is 1. The van der Waals surface area contributed by atoms with E-state index in [4.69, 9.17) is 4.98 Å². The van der Waals surface area contributed by atoms with E-state index >= 15 is 0 Å². The summed E-state index contributed by atoms with van der Waals surface area (Å²) in [6.07, 6.45) is 6.16. The molecule has 0 unspecified atom stereocenters. The number of pyridine rings is 2. The zero-order chi connectivity index (χ0) is 19.3. The van der Waals surface area contributed by atoms with Crippen molar-refractivity contribution in [1.82, 2.24) is 19.5 Å². The smallest absolute Gasteiger partial charge is 0.329 e. The molecule has 2 aliphatic heterocycles. The molecule has 0 aliphatic carbocycles. The van der Waals surface area contributed by atoms with Crippen LogP contribution in [-0.4, -0.2) is 44.7 Å². The summed E-state index contributed by atoms with van der Waals surface area (Å²) >= 11 is 0. The van der Waals surface area contributed by atoms with Crippen LogP contribution in [0.3, 0.4) is 0 Å². The van der Waals surface area contributed by atoms with Gasteiger partial charge in [0, 0.05) is 43.8 Å². The Morgan fingerprint density at radius 3 is 2.93 bits per heavy atom. The van der Waals surface area contributed by atoms with Gasteiger partial charge in [0.1, 0.15) is 0 Å². The molecule has 0 spiro atoms. The maximum Gasteiger partial charge on any atom is 0.329 e. The molecule has 0 radical (unpaired) electrons. The SMILES string of the molecule is Cc1cc(-c2ccc3c(n2)N(C(=O)Nc2cn(C)cn2)[C@H]2CCN3C2)ccn1. The molecule has 3 aromatic rings. The van der Waals surface area contributed by atoms with Crippen LogP contribution in [0, 0.1) is 6.92 Å². The van der Waals surface area contributed by atoms with Gasteiger partial charge in [0.15, 0.2) is 11.6 Å². The van der Waals surface area contributed by atoms with Crippen molar-refractivity contribution in [3.05, 3.63) is 48.7 Å². The van der Waals surface area contributed by atoms with Crippen molar-refractivity contribution in [3.8, 4) is 11.3 Å². The van der Waals surface area contributed by atoms with E-state index in [0.29, 0.717) is 11.6 Å². The summed E-state index contributed by atoms with van der Waals surface area (Å²) in [5, 5.41) is 2.91. The van der Waals surface area contributed by atoms with E-state index in [9.17, 15) is 4.79 Å². The fourth-order valence-corrected chi connectivity index (χ4v) is 3.98. The molecule has 1 saturated heterocycles. The summed E-state index contributed by atoms with van der Waals surface area (Å²) < 4.78 is 1.80. The molecule has 8 nitrogen and oxygen atoms in total. The molecular formula is C20H21N7O. The van der Waals surface area contributed by atoms with E-state index in [1.54, 1.807) is 28.2 Å². The number of urea groups is 1. The molecule has 28 heavy (non-hydrogen) atoms. The molecule has 1 N–H and O–H groups in total. The Hall–Kier alpha value is -3.42. The first-order valence-corrected chi connectivity index (χ1v) is 9.36. The number of nitrogens with one attached hydrogen (secondary N) is 1. The summed E-state index contributed by atoms with van der Waals surface area (Å²) in [5.41, 5.74) is 3.76. The average Bonchev–Trinajstić information content (AvgIpc) is 3.28. The second-order valence-electron chi connectivity index (χ2n) is 7.34. The van der Waals surface area contributed by atoms with Crippen LogP contribution in [0.25, 0.3) is 11.3 Å². The van der Waals surface area contributed by atoms with Gasteiger partial charge >= 0.3 is 6.03 Å². The van der Waals surface area contributed by atoms with Crippen LogP contribution in [-0.2, 0) is 7.05 Å². The number of imidazole rings is 1. The molecule has 5 heterocycles. The lowest BCUT2D eigenvalue weighted by Crippen LogP contribution is -2.48. The van der Waals surface area contributed by atoms with Crippen LogP contribution in [0.15, 0.2) is 43.0 Å². The second kappa shape index (κ2) is 6.33. The Morgan fingerprint density at radius 1 is 1.25 bits per heavy atom. The number of amides is 2. The molecule has 5 rings (SSSR count). The number of hydrogen-bond acceptors (Lipinski definition) is 5. The van der Waals surface area contributed by atoms with Crippen LogP contribution in [0.5, 0.6) is 0 Å². The topological polar surface area (TPSA) is 79.2 Å². The van der Waals surface area contributed by atoms with Crippen molar-refractivity contribution in [2.75, 3.05) is 28.2 Å². The summed E-state index contributed by atoms with van der Waals surface area (Å²) in [4.78, 5) is 30.6. The van der Waals surface area contributed by atoms with Crippen molar-refractivity contribution < 1.29 is 4.79 Å². The standard InChI is InChI=1S/C20H21N7O/c1-13-9-14(5-7-21-13)16-3-4-17-19(23-16)27(15-6-8-26(17)10-15)20(28)24-18-11-25(2)12-22-18/h3-5,7,9,11-12,15H,6,8,10H2,1-2H3,(H,24,28)/t15-/m0/s1. The first kappa shape index (κ1) is 16.7. The molecule has 3 aromatic heterocycles. The van der Waals surface area contributed by atoms with Gasteiger partial charge in [0.05, 0.1) is 23.8 Å². The molecule has 1 fully saturated rings. The van der Waals surface area contributed by atoms with E-state index < -0.39 is 0 Å². The maximum atomic E-state index is 13.1. The Bertz CT molecular complexity index is 1060. The van der Waals surface area contributed by atoms with Gasteiger partial charge < -0.3 is 9.47 Å². The molecule has 0 saturated carbocycles. The minimum absolute atomic E-state index is 0.109. The van der Waals surface area contributed by atoms with Gasteiger partial charge in [-0.3, -0.25) is 15.2 Å². The number of fused-ring (bicyclic) bond motifs is 4. The highest BCUT2D eigenvalue weighted by molar-refractivity contribution is 6.04. The third-order valence-corrected chi connectivity index (χ3v) is 5.30. The van der Waals surface area contributed by atoms with Crippen LogP contribution in [0.1, 0.15) is 12.1 Å². The van der Waals surface area contributed by atoms with Crippen molar-refractivity contribution in [1.29, 1.82) is 0 Å². The number of carbonyl (C=O) groups is 1. The summed E-state index contributed by atoms with van der Waals surface area (Å²) in [7, 11) is 1.87. The van der Waals surface area contributed by atoms with Gasteiger partial charge in [-0.05, 0) is 37.6 Å². The molecule has 2 amide bonds. The highest BCUT2D eigenvalue weighted by Gasteiger charge is 2.40. The lowest BCUT2D eigenvalue weighted by Gasteiger charge is -2.35. The van der Waals surface area contributed by atoms with Gasteiger partial charge in [-0.25, -0.2) is 14.8 Å². The lowest BCUT2D eigenvalue weighted by atomic mass is 10.1. The van der Waals surface area contributed by atoms with Crippen molar-refractivity contribution in [3.63, 3.8) is 0 Å². The van der Waals surface area contributed by atoms with E-state index in [0.717, 1.165) is 42.1 Å². The third kappa shape index (κ3) is 2.77. The number of aromatic nitrogens is 4. The summed E-state index contributed by atoms with van der Waals surface area (Å²) in [5.74, 6) is 1.24. The van der Waals surface area contributed by atoms with Gasteiger partial charge in [-0.2, -0.15) is 0 Å². The lowest BCUT2D eigenvalue weighted by molar-refractivity contribution is 0.254. The Labute approximate surface area is 162 Å². The highest BCUT2D eigenvalue weighted by atomic mass is 16.2.